The number of halogens is 1. The Hall–Kier alpha value is -1.52. The number of rotatable bonds is 5. The van der Waals surface area contributed by atoms with Gasteiger partial charge in [0.15, 0.2) is 0 Å². The molecule has 1 unspecified atom stereocenters. The van der Waals surface area contributed by atoms with Crippen LogP contribution in [-0.2, 0) is 6.42 Å². The Bertz CT molecular complexity index is 569. The van der Waals surface area contributed by atoms with E-state index < -0.39 is 0 Å². The van der Waals surface area contributed by atoms with Crippen LogP contribution in [0.5, 0.6) is 5.75 Å². The van der Waals surface area contributed by atoms with E-state index in [1.807, 2.05) is 37.3 Å². The fourth-order valence-corrected chi connectivity index (χ4v) is 2.86. The second-order valence-electron chi connectivity index (χ2n) is 4.71. The van der Waals surface area contributed by atoms with E-state index in [-0.39, 0.29) is 11.9 Å². The molecule has 0 radical (unpaired) electrons. The van der Waals surface area contributed by atoms with Crippen molar-refractivity contribution in [3.63, 3.8) is 0 Å². The second kappa shape index (κ2) is 6.77. The fraction of sp³-hybridized carbons (Fsp3) is 0.250. The maximum absolute atomic E-state index is 13.4. The molecule has 2 aromatic rings. The minimum Gasteiger partial charge on any atom is -0.497 e. The van der Waals surface area contributed by atoms with E-state index in [9.17, 15) is 4.39 Å². The predicted octanol–water partition coefficient (Wildman–Crippen LogP) is 3.88. The van der Waals surface area contributed by atoms with Crippen molar-refractivity contribution in [1.82, 2.24) is 0 Å². The average Bonchev–Trinajstić information content (AvgIpc) is 2.42. The fourth-order valence-electron chi connectivity index (χ4n) is 1.92. The summed E-state index contributed by atoms with van der Waals surface area (Å²) in [7, 11) is 1.64. The Labute approximate surface area is 123 Å². The number of benzene rings is 2. The van der Waals surface area contributed by atoms with Gasteiger partial charge < -0.3 is 10.5 Å². The van der Waals surface area contributed by atoms with Crippen LogP contribution in [0.15, 0.2) is 52.3 Å². The number of hydrogen-bond acceptors (Lipinski definition) is 3. The van der Waals surface area contributed by atoms with E-state index in [4.69, 9.17) is 10.5 Å². The van der Waals surface area contributed by atoms with Gasteiger partial charge in [-0.05, 0) is 61.4 Å². The molecule has 0 aliphatic carbocycles. The normalized spacial score (nSPS) is 12.2. The summed E-state index contributed by atoms with van der Waals surface area (Å²) in [6.45, 7) is 1.92. The smallest absolute Gasteiger partial charge is 0.123 e. The first-order valence-electron chi connectivity index (χ1n) is 6.44. The van der Waals surface area contributed by atoms with Gasteiger partial charge in [0.1, 0.15) is 11.6 Å². The molecule has 2 N–H and O–H groups in total. The lowest BCUT2D eigenvalue weighted by molar-refractivity contribution is 0.414. The van der Waals surface area contributed by atoms with Crippen molar-refractivity contribution in [2.75, 3.05) is 7.11 Å². The Morgan fingerprint density at radius 1 is 1.20 bits per heavy atom. The summed E-state index contributed by atoms with van der Waals surface area (Å²) in [5.41, 5.74) is 6.77. The van der Waals surface area contributed by atoms with Crippen molar-refractivity contribution in [2.24, 2.45) is 5.73 Å². The zero-order chi connectivity index (χ0) is 14.5. The highest BCUT2D eigenvalue weighted by atomic mass is 32.2. The molecule has 2 nitrogen and oxygen atoms in total. The van der Waals surface area contributed by atoms with Crippen LogP contribution in [0.4, 0.5) is 4.39 Å². The monoisotopic (exact) mass is 291 g/mol. The molecule has 1 atom stereocenters. The molecule has 0 saturated heterocycles. The van der Waals surface area contributed by atoms with Gasteiger partial charge in [-0.1, -0.05) is 11.8 Å². The summed E-state index contributed by atoms with van der Waals surface area (Å²) < 4.78 is 18.5. The van der Waals surface area contributed by atoms with Crippen LogP contribution < -0.4 is 10.5 Å². The molecule has 2 rings (SSSR count). The number of methoxy groups -OCH3 is 1. The molecule has 0 amide bonds. The van der Waals surface area contributed by atoms with E-state index >= 15 is 0 Å². The third-order valence-electron chi connectivity index (χ3n) is 2.85. The highest BCUT2D eigenvalue weighted by Crippen LogP contribution is 2.32. The molecule has 106 valence electrons. The molecule has 0 bridgehead atoms. The summed E-state index contributed by atoms with van der Waals surface area (Å²) in [5.74, 6) is 0.601. The molecule has 0 aromatic heterocycles. The van der Waals surface area contributed by atoms with Gasteiger partial charge in [-0.2, -0.15) is 0 Å². The maximum Gasteiger partial charge on any atom is 0.123 e. The molecule has 0 aliphatic heterocycles. The maximum atomic E-state index is 13.4. The van der Waals surface area contributed by atoms with E-state index in [0.717, 1.165) is 21.1 Å². The summed E-state index contributed by atoms with van der Waals surface area (Å²) >= 11 is 1.61. The van der Waals surface area contributed by atoms with Crippen molar-refractivity contribution >= 4 is 11.8 Å². The van der Waals surface area contributed by atoms with Gasteiger partial charge in [0.05, 0.1) is 7.11 Å². The highest BCUT2D eigenvalue weighted by molar-refractivity contribution is 7.99. The molecule has 0 heterocycles. The van der Waals surface area contributed by atoms with Crippen molar-refractivity contribution < 1.29 is 9.13 Å². The van der Waals surface area contributed by atoms with Crippen LogP contribution in [0.25, 0.3) is 0 Å². The van der Waals surface area contributed by atoms with Crippen molar-refractivity contribution in [2.45, 2.75) is 29.2 Å². The summed E-state index contributed by atoms with van der Waals surface area (Å²) in [4.78, 5) is 2.12. The lowest BCUT2D eigenvalue weighted by Gasteiger charge is -2.12. The Kier molecular flexibility index (Phi) is 5.04. The minimum absolute atomic E-state index is 0.00650. The Morgan fingerprint density at radius 3 is 2.50 bits per heavy atom. The lowest BCUT2D eigenvalue weighted by Crippen LogP contribution is -2.18. The van der Waals surface area contributed by atoms with Gasteiger partial charge in [-0.15, -0.1) is 0 Å². The molecule has 4 heteroatoms. The van der Waals surface area contributed by atoms with Crippen LogP contribution in [0, 0.1) is 5.82 Å². The minimum atomic E-state index is -0.222. The third-order valence-corrected chi connectivity index (χ3v) is 3.98. The van der Waals surface area contributed by atoms with Crippen LogP contribution >= 0.6 is 11.8 Å². The Balaban J connectivity index is 2.22. The molecular weight excluding hydrogens is 273 g/mol. The first-order valence-corrected chi connectivity index (χ1v) is 7.26. The summed E-state index contributed by atoms with van der Waals surface area (Å²) in [5, 5.41) is 0. The van der Waals surface area contributed by atoms with Crippen LogP contribution in [0.2, 0.25) is 0 Å². The van der Waals surface area contributed by atoms with Gasteiger partial charge in [0.25, 0.3) is 0 Å². The molecule has 20 heavy (non-hydrogen) atoms. The van der Waals surface area contributed by atoms with E-state index in [1.54, 1.807) is 24.9 Å². The van der Waals surface area contributed by atoms with Crippen LogP contribution in [0.3, 0.4) is 0 Å². The number of hydrogen-bond donors (Lipinski definition) is 1. The SMILES string of the molecule is COc1ccc(Sc2ccc(F)cc2CC(C)N)cc1. The highest BCUT2D eigenvalue weighted by Gasteiger charge is 2.08. The van der Waals surface area contributed by atoms with E-state index in [1.165, 1.54) is 6.07 Å². The molecule has 0 fully saturated rings. The largest absolute Gasteiger partial charge is 0.497 e. The standard InChI is InChI=1S/C16H18FNOS/c1-11(18)9-12-10-13(17)3-8-16(12)20-15-6-4-14(19-2)5-7-15/h3-8,10-11H,9,18H2,1-2H3. The zero-order valence-electron chi connectivity index (χ0n) is 11.6. The second-order valence-corrected chi connectivity index (χ2v) is 5.83. The van der Waals surface area contributed by atoms with Crippen molar-refractivity contribution in [1.29, 1.82) is 0 Å². The third kappa shape index (κ3) is 3.99. The molecule has 0 saturated carbocycles. The molecule has 0 aliphatic rings. The first kappa shape index (κ1) is 14.9. The van der Waals surface area contributed by atoms with Crippen molar-refractivity contribution in [3.8, 4) is 5.75 Å². The average molecular weight is 291 g/mol. The van der Waals surface area contributed by atoms with Gasteiger partial charge in [-0.3, -0.25) is 0 Å². The first-order chi connectivity index (χ1) is 9.58. The topological polar surface area (TPSA) is 35.2 Å². The van der Waals surface area contributed by atoms with Crippen LogP contribution in [0.1, 0.15) is 12.5 Å². The van der Waals surface area contributed by atoms with Crippen molar-refractivity contribution in [3.05, 3.63) is 53.8 Å². The van der Waals surface area contributed by atoms with Gasteiger partial charge in [-0.25, -0.2) is 4.39 Å². The van der Waals surface area contributed by atoms with Crippen LogP contribution in [-0.4, -0.2) is 13.2 Å². The Morgan fingerprint density at radius 2 is 1.90 bits per heavy atom. The quantitative estimate of drug-likeness (QED) is 0.908. The molecular formula is C16H18FNOS. The number of ether oxygens (including phenoxy) is 1. The van der Waals surface area contributed by atoms with Gasteiger partial charge >= 0.3 is 0 Å². The lowest BCUT2D eigenvalue weighted by atomic mass is 10.1. The van der Waals surface area contributed by atoms with Gasteiger partial charge in [0.2, 0.25) is 0 Å². The summed E-state index contributed by atoms with van der Waals surface area (Å²) in [6, 6.07) is 12.7. The zero-order valence-corrected chi connectivity index (χ0v) is 12.4. The van der Waals surface area contributed by atoms with E-state index in [2.05, 4.69) is 0 Å². The molecule has 2 aromatic carbocycles. The molecule has 0 spiro atoms. The number of nitrogens with two attached hydrogens (primary N) is 1. The van der Waals surface area contributed by atoms with E-state index in [0.29, 0.717) is 6.42 Å². The summed E-state index contributed by atoms with van der Waals surface area (Å²) in [6.07, 6.45) is 0.663. The predicted molar refractivity (Wildman–Crippen MR) is 80.9 cm³/mol. The van der Waals surface area contributed by atoms with Gasteiger partial charge in [0, 0.05) is 15.8 Å².